The van der Waals surface area contributed by atoms with Gasteiger partial charge in [0.2, 0.25) is 11.8 Å². The third kappa shape index (κ3) is 8.50. The lowest BCUT2D eigenvalue weighted by atomic mass is 10.1. The van der Waals surface area contributed by atoms with Crippen molar-refractivity contribution in [2.75, 3.05) is 24.6 Å². The molecule has 2 atom stereocenters. The number of benzene rings is 3. The first kappa shape index (κ1) is 33.5. The van der Waals surface area contributed by atoms with Crippen LogP contribution in [0, 0.1) is 6.92 Å². The number of amides is 2. The predicted octanol–water partition coefficient (Wildman–Crippen LogP) is 5.32. The summed E-state index contributed by atoms with van der Waals surface area (Å²) in [7, 11) is -2.64. The molecular formula is C33H43N3O6S. The Morgan fingerprint density at radius 2 is 1.56 bits per heavy atom. The largest absolute Gasteiger partial charge is 0.497 e. The summed E-state index contributed by atoms with van der Waals surface area (Å²) in [6, 6.07) is 19.5. The monoisotopic (exact) mass is 609 g/mol. The Balaban J connectivity index is 2.10. The molecule has 232 valence electrons. The molecule has 0 unspecified atom stereocenters. The van der Waals surface area contributed by atoms with Crippen molar-refractivity contribution in [3.63, 3.8) is 0 Å². The highest BCUT2D eigenvalue weighted by molar-refractivity contribution is 7.92. The van der Waals surface area contributed by atoms with Crippen LogP contribution < -0.4 is 19.1 Å². The van der Waals surface area contributed by atoms with E-state index in [1.54, 1.807) is 62.6 Å². The third-order valence-corrected chi connectivity index (χ3v) is 8.99. The van der Waals surface area contributed by atoms with Gasteiger partial charge in [-0.1, -0.05) is 55.8 Å². The number of nitrogens with zero attached hydrogens (tertiary/aromatic N) is 2. The Hall–Kier alpha value is -4.05. The maximum atomic E-state index is 14.3. The molecule has 2 amide bonds. The summed E-state index contributed by atoms with van der Waals surface area (Å²) < 4.78 is 40.4. The van der Waals surface area contributed by atoms with E-state index in [0.29, 0.717) is 24.5 Å². The minimum Gasteiger partial charge on any atom is -0.497 e. The summed E-state index contributed by atoms with van der Waals surface area (Å²) in [5.74, 6) is 0.174. The molecule has 0 saturated heterocycles. The molecule has 0 bridgehead atoms. The van der Waals surface area contributed by atoms with Gasteiger partial charge in [0.25, 0.3) is 10.0 Å². The number of hydrogen-bond donors (Lipinski definition) is 1. The van der Waals surface area contributed by atoms with Gasteiger partial charge in [0.05, 0.1) is 24.3 Å². The van der Waals surface area contributed by atoms with E-state index in [0.717, 1.165) is 21.9 Å². The third-order valence-electron chi connectivity index (χ3n) is 7.22. The first-order chi connectivity index (χ1) is 20.5. The molecule has 9 nitrogen and oxygen atoms in total. The van der Waals surface area contributed by atoms with Crippen LogP contribution in [0.3, 0.4) is 0 Å². The maximum absolute atomic E-state index is 14.3. The van der Waals surface area contributed by atoms with Crippen molar-refractivity contribution < 1.29 is 27.5 Å². The number of nitrogens with one attached hydrogen (secondary N) is 1. The standard InChI is InChI=1S/C33H43N3O6S/c1-7-25(5)34-33(38)29(8-2)35(22-26-16-18-27(41-6)19-17-26)32(37)23-36(30-12-10-11-13-31(30)42-9-3)43(39,40)28-20-14-24(4)15-21-28/h10-21,25,29H,7-9,22-23H2,1-6H3,(H,34,38)/t25-,29+/m1/s1. The van der Waals surface area contributed by atoms with E-state index >= 15 is 0 Å². The van der Waals surface area contributed by atoms with Crippen LogP contribution in [-0.2, 0) is 26.2 Å². The van der Waals surface area contributed by atoms with Gasteiger partial charge in [-0.2, -0.15) is 0 Å². The fourth-order valence-electron chi connectivity index (χ4n) is 4.58. The number of sulfonamides is 1. The number of carbonyl (C=O) groups is 2. The minimum absolute atomic E-state index is 0.0421. The zero-order chi connectivity index (χ0) is 31.6. The van der Waals surface area contributed by atoms with E-state index in [9.17, 15) is 18.0 Å². The molecule has 3 aromatic carbocycles. The predicted molar refractivity (Wildman–Crippen MR) is 169 cm³/mol. The van der Waals surface area contributed by atoms with Crippen LogP contribution >= 0.6 is 0 Å². The van der Waals surface area contributed by atoms with Crippen LogP contribution in [0.4, 0.5) is 5.69 Å². The average molecular weight is 610 g/mol. The molecule has 1 N–H and O–H groups in total. The highest BCUT2D eigenvalue weighted by Gasteiger charge is 2.35. The Kier molecular flexibility index (Phi) is 12.0. The number of methoxy groups -OCH3 is 1. The number of hydrogen-bond acceptors (Lipinski definition) is 6. The highest BCUT2D eigenvalue weighted by Crippen LogP contribution is 2.33. The van der Waals surface area contributed by atoms with E-state index in [-0.39, 0.29) is 29.1 Å². The molecule has 0 aromatic heterocycles. The number of aryl methyl sites for hydroxylation is 1. The lowest BCUT2D eigenvalue weighted by Gasteiger charge is -2.34. The molecule has 0 aliphatic carbocycles. The first-order valence-corrected chi connectivity index (χ1v) is 16.0. The molecule has 3 rings (SSSR count). The van der Waals surface area contributed by atoms with Crippen molar-refractivity contribution in [2.24, 2.45) is 0 Å². The van der Waals surface area contributed by atoms with Crippen molar-refractivity contribution in [3.05, 3.63) is 83.9 Å². The second-order valence-corrected chi connectivity index (χ2v) is 12.2. The topological polar surface area (TPSA) is 105 Å². The average Bonchev–Trinajstić information content (AvgIpc) is 3.00. The van der Waals surface area contributed by atoms with E-state index in [2.05, 4.69) is 5.32 Å². The molecule has 0 saturated carbocycles. The van der Waals surface area contributed by atoms with Gasteiger partial charge in [-0.15, -0.1) is 0 Å². The molecule has 0 aliphatic heterocycles. The van der Waals surface area contributed by atoms with Gasteiger partial charge < -0.3 is 19.7 Å². The van der Waals surface area contributed by atoms with Gasteiger partial charge in [-0.25, -0.2) is 8.42 Å². The number of anilines is 1. The summed E-state index contributed by atoms with van der Waals surface area (Å²) in [5, 5.41) is 2.99. The molecule has 0 heterocycles. The smallest absolute Gasteiger partial charge is 0.264 e. The van der Waals surface area contributed by atoms with Crippen molar-refractivity contribution in [1.29, 1.82) is 0 Å². The molecule has 43 heavy (non-hydrogen) atoms. The van der Waals surface area contributed by atoms with Gasteiger partial charge in [0.15, 0.2) is 0 Å². The minimum atomic E-state index is -4.21. The normalized spacial score (nSPS) is 12.6. The second-order valence-electron chi connectivity index (χ2n) is 10.3. The van der Waals surface area contributed by atoms with E-state index in [4.69, 9.17) is 9.47 Å². The van der Waals surface area contributed by atoms with Crippen molar-refractivity contribution in [1.82, 2.24) is 10.2 Å². The quantitative estimate of drug-likeness (QED) is 0.250. The maximum Gasteiger partial charge on any atom is 0.264 e. The van der Waals surface area contributed by atoms with Crippen LogP contribution in [0.25, 0.3) is 0 Å². The lowest BCUT2D eigenvalue weighted by molar-refractivity contribution is -0.140. The summed E-state index contributed by atoms with van der Waals surface area (Å²) >= 11 is 0. The Labute approximate surface area is 255 Å². The molecule has 0 aliphatic rings. The number of carbonyl (C=O) groups excluding carboxylic acids is 2. The zero-order valence-electron chi connectivity index (χ0n) is 25.9. The fourth-order valence-corrected chi connectivity index (χ4v) is 6.00. The highest BCUT2D eigenvalue weighted by atomic mass is 32.2. The Morgan fingerprint density at radius 1 is 0.907 bits per heavy atom. The van der Waals surface area contributed by atoms with Gasteiger partial charge in [0.1, 0.15) is 24.1 Å². The van der Waals surface area contributed by atoms with E-state index in [1.165, 1.54) is 17.0 Å². The molecule has 0 fully saturated rings. The van der Waals surface area contributed by atoms with Crippen LogP contribution in [0.5, 0.6) is 11.5 Å². The van der Waals surface area contributed by atoms with Crippen LogP contribution in [0.15, 0.2) is 77.7 Å². The lowest BCUT2D eigenvalue weighted by Crippen LogP contribution is -2.53. The van der Waals surface area contributed by atoms with E-state index in [1.807, 2.05) is 39.8 Å². The molecule has 0 spiro atoms. The summed E-state index contributed by atoms with van der Waals surface area (Å²) in [6.07, 6.45) is 1.07. The SMILES string of the molecule is CCOc1ccccc1N(CC(=O)N(Cc1ccc(OC)cc1)[C@@H](CC)C(=O)N[C@H](C)CC)S(=O)(=O)c1ccc(C)cc1. The molecule has 3 aromatic rings. The molecular weight excluding hydrogens is 566 g/mol. The van der Waals surface area contributed by atoms with Crippen molar-refractivity contribution >= 4 is 27.5 Å². The van der Waals surface area contributed by atoms with Gasteiger partial charge in [-0.3, -0.25) is 13.9 Å². The van der Waals surface area contributed by atoms with E-state index < -0.39 is 28.5 Å². The van der Waals surface area contributed by atoms with Crippen LogP contribution in [0.1, 0.15) is 51.7 Å². The number of rotatable bonds is 15. The van der Waals surface area contributed by atoms with Gasteiger partial charge in [-0.05, 0) is 75.6 Å². The number of ether oxygens (including phenoxy) is 2. The van der Waals surface area contributed by atoms with Crippen molar-refractivity contribution in [3.8, 4) is 11.5 Å². The summed E-state index contributed by atoms with van der Waals surface area (Å²) in [6.45, 7) is 9.25. The van der Waals surface area contributed by atoms with Crippen LogP contribution in [-0.4, -0.2) is 57.5 Å². The zero-order valence-corrected chi connectivity index (χ0v) is 26.7. The number of para-hydroxylation sites is 2. The molecule has 10 heteroatoms. The fraction of sp³-hybridized carbons (Fsp3) is 0.394. The summed E-state index contributed by atoms with van der Waals surface area (Å²) in [5.41, 5.74) is 1.91. The first-order valence-electron chi connectivity index (χ1n) is 14.6. The van der Waals surface area contributed by atoms with Crippen LogP contribution in [0.2, 0.25) is 0 Å². The Morgan fingerprint density at radius 3 is 2.14 bits per heavy atom. The van der Waals surface area contributed by atoms with Gasteiger partial charge >= 0.3 is 0 Å². The Bertz CT molecular complexity index is 1460. The van der Waals surface area contributed by atoms with Gasteiger partial charge in [0, 0.05) is 12.6 Å². The summed E-state index contributed by atoms with van der Waals surface area (Å²) in [4.78, 5) is 29.2. The second kappa shape index (κ2) is 15.4. The molecule has 0 radical (unpaired) electrons. The van der Waals surface area contributed by atoms with Crippen molar-refractivity contribution in [2.45, 2.75) is 71.0 Å².